The van der Waals surface area contributed by atoms with E-state index in [1.54, 1.807) is 12.1 Å². The van der Waals surface area contributed by atoms with Gasteiger partial charge in [0, 0.05) is 13.1 Å². The molecule has 1 fully saturated rings. The van der Waals surface area contributed by atoms with Crippen molar-refractivity contribution in [2.24, 2.45) is 16.8 Å². The molecule has 0 saturated carbocycles. The van der Waals surface area contributed by atoms with E-state index in [4.69, 9.17) is 10.9 Å². The molecule has 1 saturated heterocycles. The third kappa shape index (κ3) is 3.46. The second-order valence-corrected chi connectivity index (χ2v) is 6.55. The summed E-state index contributed by atoms with van der Waals surface area (Å²) >= 11 is 0. The van der Waals surface area contributed by atoms with E-state index in [1.807, 2.05) is 12.1 Å². The molecule has 106 valence electrons. The summed E-state index contributed by atoms with van der Waals surface area (Å²) in [7, 11) is -3.67. The number of hydrogen-bond donors (Lipinski definition) is 2. The van der Waals surface area contributed by atoms with E-state index in [0.29, 0.717) is 5.92 Å². The highest BCUT2D eigenvalue weighted by Gasteiger charge is 2.23. The molecular weight excluding hydrogens is 262 g/mol. The Kier molecular flexibility index (Phi) is 4.44. The summed E-state index contributed by atoms with van der Waals surface area (Å²) in [5.41, 5.74) is 6.30. The summed E-state index contributed by atoms with van der Waals surface area (Å²) in [6, 6.07) is 6.93. The lowest BCUT2D eigenvalue weighted by atomic mass is 9.93. The summed E-state index contributed by atoms with van der Waals surface area (Å²) in [5.74, 6) is 0.655. The van der Waals surface area contributed by atoms with Crippen molar-refractivity contribution in [1.29, 1.82) is 0 Å². The second-order valence-electron chi connectivity index (χ2n) is 5.02. The number of nitrogens with two attached hydrogens (primary N) is 2. The van der Waals surface area contributed by atoms with Crippen LogP contribution in [-0.4, -0.2) is 28.1 Å². The van der Waals surface area contributed by atoms with Gasteiger partial charge in [-0.3, -0.25) is 0 Å². The quantitative estimate of drug-likeness (QED) is 0.859. The van der Waals surface area contributed by atoms with Crippen LogP contribution in [0, 0.1) is 5.92 Å². The van der Waals surface area contributed by atoms with Crippen LogP contribution < -0.4 is 15.8 Å². The number of para-hydroxylation sites is 1. The Morgan fingerprint density at radius 3 is 2.42 bits per heavy atom. The van der Waals surface area contributed by atoms with Crippen LogP contribution in [0.4, 0.5) is 5.69 Å². The molecule has 1 aliphatic heterocycles. The normalized spacial score (nSPS) is 17.7. The molecule has 0 aliphatic carbocycles. The van der Waals surface area contributed by atoms with Crippen molar-refractivity contribution in [2.75, 3.05) is 24.5 Å². The number of hydrogen-bond acceptors (Lipinski definition) is 4. The van der Waals surface area contributed by atoms with Crippen molar-refractivity contribution in [1.82, 2.24) is 0 Å². The van der Waals surface area contributed by atoms with Crippen LogP contribution in [0.5, 0.6) is 0 Å². The number of nitrogens with zero attached hydrogens (tertiary/aromatic N) is 1. The first kappa shape index (κ1) is 14.3. The highest BCUT2D eigenvalue weighted by atomic mass is 32.2. The highest BCUT2D eigenvalue weighted by molar-refractivity contribution is 7.89. The molecule has 0 atom stereocenters. The van der Waals surface area contributed by atoms with Gasteiger partial charge < -0.3 is 10.6 Å². The Morgan fingerprint density at radius 2 is 1.84 bits per heavy atom. The van der Waals surface area contributed by atoms with Gasteiger partial charge >= 0.3 is 0 Å². The van der Waals surface area contributed by atoms with Gasteiger partial charge in [0.25, 0.3) is 0 Å². The zero-order valence-corrected chi connectivity index (χ0v) is 11.8. The third-order valence-electron chi connectivity index (χ3n) is 3.70. The van der Waals surface area contributed by atoms with E-state index in [1.165, 1.54) is 0 Å². The number of primary sulfonamides is 1. The van der Waals surface area contributed by atoms with Gasteiger partial charge in [0.2, 0.25) is 10.0 Å². The summed E-state index contributed by atoms with van der Waals surface area (Å²) in [5, 5.41) is 5.27. The van der Waals surface area contributed by atoms with E-state index in [-0.39, 0.29) is 4.90 Å². The van der Waals surface area contributed by atoms with Crippen LogP contribution in [0.1, 0.15) is 19.3 Å². The van der Waals surface area contributed by atoms with E-state index >= 15 is 0 Å². The molecule has 0 unspecified atom stereocenters. The fourth-order valence-electron chi connectivity index (χ4n) is 2.66. The molecular formula is C13H21N3O2S. The summed E-state index contributed by atoms with van der Waals surface area (Å²) in [4.78, 5) is 2.32. The standard InChI is InChI=1S/C13H21N3O2S/c14-8-5-11-6-9-16(10-7-11)12-3-1-2-4-13(12)19(15,17)18/h1-4,11H,5-10,14H2,(H2,15,17,18). The van der Waals surface area contributed by atoms with Crippen LogP contribution in [0.25, 0.3) is 0 Å². The van der Waals surface area contributed by atoms with Gasteiger partial charge in [-0.25, -0.2) is 13.6 Å². The smallest absolute Gasteiger partial charge is 0.240 e. The van der Waals surface area contributed by atoms with Crippen molar-refractivity contribution in [2.45, 2.75) is 24.2 Å². The van der Waals surface area contributed by atoms with Crippen molar-refractivity contribution in [3.05, 3.63) is 24.3 Å². The average molecular weight is 283 g/mol. The molecule has 1 aromatic carbocycles. The minimum Gasteiger partial charge on any atom is -0.370 e. The Bertz CT molecular complexity index is 522. The number of benzene rings is 1. The molecule has 0 spiro atoms. The van der Waals surface area contributed by atoms with Crippen LogP contribution in [-0.2, 0) is 10.0 Å². The number of anilines is 1. The predicted octanol–water partition coefficient (Wildman–Crippen LogP) is 0.899. The minimum absolute atomic E-state index is 0.215. The van der Waals surface area contributed by atoms with Gasteiger partial charge in [-0.1, -0.05) is 12.1 Å². The second kappa shape index (κ2) is 5.90. The molecule has 19 heavy (non-hydrogen) atoms. The van der Waals surface area contributed by atoms with Gasteiger partial charge in [0.1, 0.15) is 4.90 Å². The zero-order chi connectivity index (χ0) is 13.9. The predicted molar refractivity (Wildman–Crippen MR) is 76.4 cm³/mol. The molecule has 0 amide bonds. The summed E-state index contributed by atoms with van der Waals surface area (Å²) in [6.07, 6.45) is 3.15. The van der Waals surface area contributed by atoms with Crippen molar-refractivity contribution in [3.63, 3.8) is 0 Å². The van der Waals surface area contributed by atoms with Gasteiger partial charge in [-0.05, 0) is 43.9 Å². The molecule has 4 N–H and O–H groups in total. The number of rotatable bonds is 4. The molecule has 0 bridgehead atoms. The first-order valence-electron chi connectivity index (χ1n) is 6.59. The van der Waals surface area contributed by atoms with Crippen molar-refractivity contribution in [3.8, 4) is 0 Å². The van der Waals surface area contributed by atoms with Gasteiger partial charge in [0.05, 0.1) is 5.69 Å². The first-order valence-corrected chi connectivity index (χ1v) is 8.14. The van der Waals surface area contributed by atoms with Crippen LogP contribution >= 0.6 is 0 Å². The van der Waals surface area contributed by atoms with Gasteiger partial charge in [-0.15, -0.1) is 0 Å². The minimum atomic E-state index is -3.67. The molecule has 6 heteroatoms. The maximum absolute atomic E-state index is 11.6. The van der Waals surface area contributed by atoms with E-state index in [2.05, 4.69) is 4.90 Å². The van der Waals surface area contributed by atoms with E-state index in [0.717, 1.165) is 44.6 Å². The average Bonchev–Trinajstić information content (AvgIpc) is 2.39. The Hall–Kier alpha value is -1.11. The molecule has 1 aromatic rings. The Labute approximate surface area is 114 Å². The zero-order valence-electron chi connectivity index (χ0n) is 11.0. The van der Waals surface area contributed by atoms with Crippen molar-refractivity contribution >= 4 is 15.7 Å². The fourth-order valence-corrected chi connectivity index (χ4v) is 3.41. The number of piperidine rings is 1. The van der Waals surface area contributed by atoms with E-state index < -0.39 is 10.0 Å². The van der Waals surface area contributed by atoms with Gasteiger partial charge in [0.15, 0.2) is 0 Å². The van der Waals surface area contributed by atoms with E-state index in [9.17, 15) is 8.42 Å². The topological polar surface area (TPSA) is 89.4 Å². The molecule has 2 rings (SSSR count). The molecule has 0 radical (unpaired) electrons. The molecule has 5 nitrogen and oxygen atoms in total. The Balaban J connectivity index is 2.16. The highest BCUT2D eigenvalue weighted by Crippen LogP contribution is 2.29. The van der Waals surface area contributed by atoms with Gasteiger partial charge in [-0.2, -0.15) is 0 Å². The monoisotopic (exact) mass is 283 g/mol. The largest absolute Gasteiger partial charge is 0.370 e. The maximum Gasteiger partial charge on any atom is 0.240 e. The lowest BCUT2D eigenvalue weighted by molar-refractivity contribution is 0.385. The fraction of sp³-hybridized carbons (Fsp3) is 0.538. The maximum atomic E-state index is 11.6. The lowest BCUT2D eigenvalue weighted by Crippen LogP contribution is -2.35. The van der Waals surface area contributed by atoms with Crippen LogP contribution in [0.15, 0.2) is 29.2 Å². The SMILES string of the molecule is NCCC1CCN(c2ccccc2S(N)(=O)=O)CC1. The Morgan fingerprint density at radius 1 is 1.21 bits per heavy atom. The summed E-state index contributed by atoms with van der Waals surface area (Å²) in [6.45, 7) is 2.44. The molecule has 1 aliphatic rings. The third-order valence-corrected chi connectivity index (χ3v) is 4.66. The van der Waals surface area contributed by atoms with Crippen LogP contribution in [0.2, 0.25) is 0 Å². The van der Waals surface area contributed by atoms with Crippen molar-refractivity contribution < 1.29 is 8.42 Å². The lowest BCUT2D eigenvalue weighted by Gasteiger charge is -2.34. The summed E-state index contributed by atoms with van der Waals surface area (Å²) < 4.78 is 23.2. The molecule has 1 heterocycles. The number of sulfonamides is 1. The van der Waals surface area contributed by atoms with Crippen LogP contribution in [0.3, 0.4) is 0 Å². The first-order chi connectivity index (χ1) is 9.02. The molecule has 0 aromatic heterocycles.